The van der Waals surface area contributed by atoms with Crippen LogP contribution < -0.4 is 26.8 Å². The number of aromatic amines is 1. The van der Waals surface area contributed by atoms with Gasteiger partial charge >= 0.3 is 13.1 Å². The molecule has 12 heteroatoms. The summed E-state index contributed by atoms with van der Waals surface area (Å²) < 4.78 is 0. The topological polar surface area (TPSA) is 182 Å². The number of hydrogen-bond donors (Lipinski definition) is 6. The van der Waals surface area contributed by atoms with Gasteiger partial charge in [0.1, 0.15) is 22.7 Å². The van der Waals surface area contributed by atoms with Crippen LogP contribution in [0.5, 0.6) is 0 Å². The smallest absolute Gasteiger partial charge is 0.451 e. The predicted molar refractivity (Wildman–Crippen MR) is 97.7 cm³/mol. The maximum absolute atomic E-state index is 12.1. The minimum Gasteiger partial charge on any atom is -0.480 e. The molecule has 2 heterocycles. The van der Waals surface area contributed by atoms with Gasteiger partial charge < -0.3 is 36.1 Å². The molecular weight excluding hydrogens is 357 g/mol. The Kier molecular flexibility index (Phi) is 5.04. The van der Waals surface area contributed by atoms with Gasteiger partial charge in [-0.05, 0) is 12.7 Å². The normalized spacial score (nSPS) is 22.3. The van der Waals surface area contributed by atoms with Crippen molar-refractivity contribution in [3.8, 4) is 0 Å². The molecule has 0 bridgehead atoms. The Bertz CT molecular complexity index is 893. The SMILES string of the molecule is N[C@@]1(C(=O)O)CN(c2c(Nc3cnc[nH]3)c(=O)c2=O)C[C@@H]1CCCB(O)O. The molecular formula is C15H20BN5O6. The molecule has 144 valence electrons. The van der Waals surface area contributed by atoms with E-state index in [1.165, 1.54) is 17.4 Å². The molecule has 3 rings (SSSR count). The molecule has 0 aliphatic carbocycles. The first-order valence-electron chi connectivity index (χ1n) is 8.46. The summed E-state index contributed by atoms with van der Waals surface area (Å²) in [6.45, 7) is 0.0457. The Labute approximate surface area is 153 Å². The van der Waals surface area contributed by atoms with Crippen molar-refractivity contribution in [2.24, 2.45) is 11.7 Å². The first-order valence-corrected chi connectivity index (χ1v) is 8.46. The zero-order valence-electron chi connectivity index (χ0n) is 14.4. The number of nitrogens with zero attached hydrogens (tertiary/aromatic N) is 2. The fourth-order valence-corrected chi connectivity index (χ4v) is 3.50. The van der Waals surface area contributed by atoms with Gasteiger partial charge in [-0.1, -0.05) is 6.42 Å². The molecule has 1 aliphatic heterocycles. The van der Waals surface area contributed by atoms with Crippen molar-refractivity contribution in [1.29, 1.82) is 0 Å². The second-order valence-corrected chi connectivity index (χ2v) is 6.81. The van der Waals surface area contributed by atoms with Gasteiger partial charge in [-0.2, -0.15) is 0 Å². The number of anilines is 3. The molecule has 7 N–H and O–H groups in total. The lowest BCUT2D eigenvalue weighted by Gasteiger charge is -2.25. The molecule has 0 saturated carbocycles. The number of H-pyrrole nitrogens is 1. The van der Waals surface area contributed by atoms with Crippen LogP contribution in [0.1, 0.15) is 12.8 Å². The third-order valence-electron chi connectivity index (χ3n) is 4.99. The molecule has 1 aromatic carbocycles. The highest BCUT2D eigenvalue weighted by Gasteiger charge is 2.50. The van der Waals surface area contributed by atoms with E-state index in [4.69, 9.17) is 15.8 Å². The van der Waals surface area contributed by atoms with Crippen molar-refractivity contribution in [1.82, 2.24) is 9.97 Å². The van der Waals surface area contributed by atoms with Crippen LogP contribution in [0.15, 0.2) is 22.1 Å². The number of carbonyl (C=O) groups is 1. The fraction of sp³-hybridized carbons (Fsp3) is 0.467. The Morgan fingerprint density at radius 2 is 2.19 bits per heavy atom. The molecule has 11 nitrogen and oxygen atoms in total. The van der Waals surface area contributed by atoms with Crippen LogP contribution in [0.2, 0.25) is 6.32 Å². The summed E-state index contributed by atoms with van der Waals surface area (Å²) in [7, 11) is -1.47. The Hall–Kier alpha value is -2.70. The van der Waals surface area contributed by atoms with Crippen LogP contribution in [-0.4, -0.2) is 56.8 Å². The molecule has 0 unspecified atom stereocenters. The van der Waals surface area contributed by atoms with E-state index in [-0.39, 0.29) is 30.8 Å². The second-order valence-electron chi connectivity index (χ2n) is 6.81. The summed E-state index contributed by atoms with van der Waals surface area (Å²) in [5.41, 5.74) is 3.30. The van der Waals surface area contributed by atoms with Crippen LogP contribution in [0.3, 0.4) is 0 Å². The minimum atomic E-state index is -1.61. The summed E-state index contributed by atoms with van der Waals surface area (Å²) in [5, 5.41) is 30.3. The lowest BCUT2D eigenvalue weighted by molar-refractivity contribution is -0.144. The van der Waals surface area contributed by atoms with Crippen molar-refractivity contribution in [2.45, 2.75) is 24.7 Å². The van der Waals surface area contributed by atoms with Crippen LogP contribution in [-0.2, 0) is 4.79 Å². The zero-order chi connectivity index (χ0) is 19.8. The number of carboxylic acids is 1. The highest BCUT2D eigenvalue weighted by Crippen LogP contribution is 2.35. The molecule has 1 fully saturated rings. The van der Waals surface area contributed by atoms with Gasteiger partial charge in [-0.3, -0.25) is 14.4 Å². The average molecular weight is 377 g/mol. The van der Waals surface area contributed by atoms with E-state index < -0.39 is 35.4 Å². The number of aliphatic carboxylic acids is 1. The molecule has 0 radical (unpaired) electrons. The fourth-order valence-electron chi connectivity index (χ4n) is 3.50. The molecule has 1 saturated heterocycles. The highest BCUT2D eigenvalue weighted by molar-refractivity contribution is 6.40. The zero-order valence-corrected chi connectivity index (χ0v) is 14.4. The maximum Gasteiger partial charge on any atom is 0.451 e. The first-order chi connectivity index (χ1) is 12.7. The summed E-state index contributed by atoms with van der Waals surface area (Å²) in [4.78, 5) is 43.9. The molecule has 0 amide bonds. The third-order valence-corrected chi connectivity index (χ3v) is 4.99. The number of imidazole rings is 1. The number of aromatic nitrogens is 2. The predicted octanol–water partition coefficient (Wildman–Crippen LogP) is -1.78. The Morgan fingerprint density at radius 1 is 1.44 bits per heavy atom. The second kappa shape index (κ2) is 7.14. The van der Waals surface area contributed by atoms with Gasteiger partial charge in [0.15, 0.2) is 0 Å². The van der Waals surface area contributed by atoms with Crippen LogP contribution in [0.4, 0.5) is 17.2 Å². The number of carboxylic acid groups (broad SMARTS) is 1. The largest absolute Gasteiger partial charge is 0.480 e. The monoisotopic (exact) mass is 377 g/mol. The van der Waals surface area contributed by atoms with Gasteiger partial charge in [0, 0.05) is 19.0 Å². The standard InChI is InChI=1S/C15H20BN5O6/c17-15(14(24)25)6-21(5-8(15)2-1-3-16(26)27)11-10(12(22)13(11)23)20-9-4-18-7-19-9/h4,7-8,20,26-27H,1-3,5-6,17H2,(H,18,19)(H,24,25)/t8-,15-/m0/s1. The van der Waals surface area contributed by atoms with Crippen LogP contribution in [0, 0.1) is 5.92 Å². The van der Waals surface area contributed by atoms with Gasteiger partial charge in [0.25, 0.3) is 10.9 Å². The van der Waals surface area contributed by atoms with Crippen LogP contribution in [0.25, 0.3) is 0 Å². The van der Waals surface area contributed by atoms with E-state index in [0.717, 1.165) is 0 Å². The van der Waals surface area contributed by atoms with Gasteiger partial charge in [-0.15, -0.1) is 0 Å². The molecule has 2 aromatic rings. The molecule has 1 aromatic heterocycles. The van der Waals surface area contributed by atoms with Gasteiger partial charge in [-0.25, -0.2) is 4.98 Å². The number of rotatable bonds is 8. The summed E-state index contributed by atoms with van der Waals surface area (Å²) >= 11 is 0. The van der Waals surface area contributed by atoms with E-state index in [0.29, 0.717) is 18.7 Å². The van der Waals surface area contributed by atoms with E-state index in [2.05, 4.69) is 15.3 Å². The molecule has 27 heavy (non-hydrogen) atoms. The average Bonchev–Trinajstić information content (AvgIpc) is 3.23. The number of hydrogen-bond acceptors (Lipinski definition) is 9. The van der Waals surface area contributed by atoms with Crippen molar-refractivity contribution < 1.29 is 19.9 Å². The van der Waals surface area contributed by atoms with E-state index in [1.54, 1.807) is 0 Å². The van der Waals surface area contributed by atoms with E-state index in [9.17, 15) is 19.5 Å². The van der Waals surface area contributed by atoms with Gasteiger partial charge in [0.2, 0.25) is 0 Å². The van der Waals surface area contributed by atoms with Crippen molar-refractivity contribution in [3.63, 3.8) is 0 Å². The molecule has 1 aliphatic rings. The van der Waals surface area contributed by atoms with E-state index in [1.807, 2.05) is 0 Å². The van der Waals surface area contributed by atoms with Crippen molar-refractivity contribution in [3.05, 3.63) is 33.0 Å². The Morgan fingerprint density at radius 3 is 2.78 bits per heavy atom. The van der Waals surface area contributed by atoms with Crippen molar-refractivity contribution in [2.75, 3.05) is 23.3 Å². The molecule has 2 atom stereocenters. The van der Waals surface area contributed by atoms with Gasteiger partial charge in [0.05, 0.1) is 12.5 Å². The highest BCUT2D eigenvalue weighted by atomic mass is 16.4. The summed E-state index contributed by atoms with van der Waals surface area (Å²) in [5.74, 6) is -1.30. The molecule has 0 spiro atoms. The maximum atomic E-state index is 12.1. The number of nitrogens with two attached hydrogens (primary N) is 1. The number of nitrogens with one attached hydrogen (secondary N) is 2. The van der Waals surface area contributed by atoms with Crippen molar-refractivity contribution >= 4 is 30.3 Å². The van der Waals surface area contributed by atoms with Crippen LogP contribution >= 0.6 is 0 Å². The first kappa shape index (κ1) is 19.1. The lowest BCUT2D eigenvalue weighted by Crippen LogP contribution is -2.55. The minimum absolute atomic E-state index is 0.0726. The Balaban J connectivity index is 1.82. The van der Waals surface area contributed by atoms with E-state index >= 15 is 0 Å². The quantitative estimate of drug-likeness (QED) is 0.227. The summed E-state index contributed by atoms with van der Waals surface area (Å²) in [6, 6.07) is 0. The third kappa shape index (κ3) is 3.46. The lowest BCUT2D eigenvalue weighted by atomic mass is 9.78. The summed E-state index contributed by atoms with van der Waals surface area (Å²) in [6.07, 6.45) is 3.66.